The highest BCUT2D eigenvalue weighted by Crippen LogP contribution is 2.14. The molecule has 0 aliphatic carbocycles. The van der Waals surface area contributed by atoms with Gasteiger partial charge in [-0.3, -0.25) is 9.17 Å². The van der Waals surface area contributed by atoms with E-state index in [0.717, 1.165) is 69.8 Å². The van der Waals surface area contributed by atoms with Gasteiger partial charge in [-0.25, -0.2) is 0 Å². The maximum absolute atomic E-state index is 12.1. The molecule has 31 heavy (non-hydrogen) atoms. The Morgan fingerprint density at radius 3 is 2.16 bits per heavy atom. The van der Waals surface area contributed by atoms with Gasteiger partial charge in [-0.15, -0.1) is 11.8 Å². The SMILES string of the molecule is Cc1ccc(S(=O)(=O)OCCCCCCCCC#CCCCCc2cccnc2)cc1. The summed E-state index contributed by atoms with van der Waals surface area (Å²) >= 11 is 0. The van der Waals surface area contributed by atoms with Crippen LogP contribution in [0.4, 0.5) is 0 Å². The maximum atomic E-state index is 12.1. The van der Waals surface area contributed by atoms with Crippen molar-refractivity contribution in [3.8, 4) is 11.8 Å². The zero-order chi connectivity index (χ0) is 22.2. The fourth-order valence-electron chi connectivity index (χ4n) is 3.23. The van der Waals surface area contributed by atoms with Crippen LogP contribution in [-0.2, 0) is 20.7 Å². The zero-order valence-electron chi connectivity index (χ0n) is 18.7. The van der Waals surface area contributed by atoms with E-state index in [-0.39, 0.29) is 11.5 Å². The van der Waals surface area contributed by atoms with Gasteiger partial charge in [0.05, 0.1) is 11.5 Å². The quantitative estimate of drug-likeness (QED) is 0.198. The lowest BCUT2D eigenvalue weighted by Gasteiger charge is -2.06. The highest BCUT2D eigenvalue weighted by Gasteiger charge is 2.14. The summed E-state index contributed by atoms with van der Waals surface area (Å²) < 4.78 is 29.3. The van der Waals surface area contributed by atoms with Gasteiger partial charge in [0.25, 0.3) is 10.1 Å². The summed E-state index contributed by atoms with van der Waals surface area (Å²) in [7, 11) is -3.63. The molecule has 4 nitrogen and oxygen atoms in total. The van der Waals surface area contributed by atoms with E-state index in [1.165, 1.54) is 12.0 Å². The molecule has 1 aromatic heterocycles. The van der Waals surface area contributed by atoms with Crippen LogP contribution in [0.2, 0.25) is 0 Å². The highest BCUT2D eigenvalue weighted by molar-refractivity contribution is 7.86. The first kappa shape index (κ1) is 25.1. The molecule has 5 heteroatoms. The van der Waals surface area contributed by atoms with E-state index in [0.29, 0.717) is 0 Å². The van der Waals surface area contributed by atoms with Crippen LogP contribution in [0.15, 0.2) is 53.7 Å². The van der Waals surface area contributed by atoms with E-state index in [1.807, 2.05) is 25.4 Å². The normalized spacial score (nSPS) is 11.1. The lowest BCUT2D eigenvalue weighted by atomic mass is 10.1. The summed E-state index contributed by atoms with van der Waals surface area (Å²) in [6.07, 6.45) is 15.4. The molecule has 0 fully saturated rings. The van der Waals surface area contributed by atoms with Crippen molar-refractivity contribution in [1.82, 2.24) is 4.98 Å². The van der Waals surface area contributed by atoms with Gasteiger partial charge in [-0.05, 0) is 62.8 Å². The van der Waals surface area contributed by atoms with Crippen molar-refractivity contribution < 1.29 is 12.6 Å². The Hall–Kier alpha value is -2.16. The Kier molecular flexibility index (Phi) is 12.0. The Morgan fingerprint density at radius 1 is 0.839 bits per heavy atom. The average molecular weight is 442 g/mol. The molecular weight excluding hydrogens is 406 g/mol. The number of pyridine rings is 1. The number of aryl methyl sites for hydroxylation is 2. The van der Waals surface area contributed by atoms with Gasteiger partial charge in [-0.1, -0.05) is 49.4 Å². The van der Waals surface area contributed by atoms with E-state index in [9.17, 15) is 8.42 Å². The summed E-state index contributed by atoms with van der Waals surface area (Å²) in [5.74, 6) is 6.56. The predicted octanol–water partition coefficient (Wildman–Crippen LogP) is 6.24. The Bertz CT molecular complexity index is 897. The van der Waals surface area contributed by atoms with Gasteiger partial charge in [0, 0.05) is 25.2 Å². The molecule has 0 amide bonds. The van der Waals surface area contributed by atoms with Crippen molar-refractivity contribution in [2.45, 2.75) is 82.4 Å². The molecule has 0 aliphatic heterocycles. The van der Waals surface area contributed by atoms with Crippen molar-refractivity contribution in [1.29, 1.82) is 0 Å². The molecule has 1 aromatic carbocycles. The number of hydrogen-bond acceptors (Lipinski definition) is 4. The van der Waals surface area contributed by atoms with Crippen LogP contribution in [0.1, 0.15) is 75.3 Å². The number of rotatable bonds is 14. The van der Waals surface area contributed by atoms with Crippen molar-refractivity contribution in [3.63, 3.8) is 0 Å². The highest BCUT2D eigenvalue weighted by atomic mass is 32.2. The minimum absolute atomic E-state index is 0.229. The topological polar surface area (TPSA) is 56.3 Å². The van der Waals surface area contributed by atoms with Crippen LogP contribution in [0.5, 0.6) is 0 Å². The van der Waals surface area contributed by atoms with Crippen LogP contribution < -0.4 is 0 Å². The number of aromatic nitrogens is 1. The van der Waals surface area contributed by atoms with E-state index in [4.69, 9.17) is 4.18 Å². The first-order valence-electron chi connectivity index (χ1n) is 11.4. The van der Waals surface area contributed by atoms with Gasteiger partial charge in [0.2, 0.25) is 0 Å². The number of hydrogen-bond donors (Lipinski definition) is 0. The molecule has 0 bridgehead atoms. The molecule has 0 unspecified atom stereocenters. The molecule has 2 rings (SSSR count). The van der Waals surface area contributed by atoms with Gasteiger partial charge in [0.15, 0.2) is 0 Å². The summed E-state index contributed by atoms with van der Waals surface area (Å²) in [6, 6.07) is 10.9. The second-order valence-corrected chi connectivity index (χ2v) is 9.50. The molecule has 0 saturated carbocycles. The molecule has 0 saturated heterocycles. The second-order valence-electron chi connectivity index (χ2n) is 7.88. The van der Waals surface area contributed by atoms with E-state index in [2.05, 4.69) is 22.9 Å². The third kappa shape index (κ3) is 11.1. The standard InChI is InChI=1S/C26H35NO3S/c1-24-17-19-26(20-18-24)31(28,29)30-22-13-11-9-7-5-3-2-4-6-8-10-12-15-25-16-14-21-27-23-25/h14,16-21,23H,2-3,5,7-13,15,22H2,1H3. The van der Waals surface area contributed by atoms with Crippen molar-refractivity contribution in [2.75, 3.05) is 6.61 Å². The fourth-order valence-corrected chi connectivity index (χ4v) is 4.17. The summed E-state index contributed by atoms with van der Waals surface area (Å²) in [4.78, 5) is 4.36. The molecule has 1 heterocycles. The van der Waals surface area contributed by atoms with Crippen LogP contribution in [0.25, 0.3) is 0 Å². The number of unbranched alkanes of at least 4 members (excludes halogenated alkanes) is 8. The van der Waals surface area contributed by atoms with Gasteiger partial charge < -0.3 is 0 Å². The fraction of sp³-hybridized carbons (Fsp3) is 0.500. The molecule has 0 spiro atoms. The molecule has 168 valence electrons. The Labute approximate surface area is 188 Å². The van der Waals surface area contributed by atoms with Gasteiger partial charge >= 0.3 is 0 Å². The largest absolute Gasteiger partial charge is 0.296 e. The Balaban J connectivity index is 1.40. The van der Waals surface area contributed by atoms with Crippen LogP contribution in [0, 0.1) is 18.8 Å². The second kappa shape index (κ2) is 14.8. The van der Waals surface area contributed by atoms with Crippen LogP contribution in [-0.4, -0.2) is 20.0 Å². The molecular formula is C26H35NO3S. The van der Waals surface area contributed by atoms with E-state index >= 15 is 0 Å². The Morgan fingerprint density at radius 2 is 1.48 bits per heavy atom. The van der Waals surface area contributed by atoms with Crippen molar-refractivity contribution in [2.24, 2.45) is 0 Å². The first-order chi connectivity index (χ1) is 15.1. The van der Waals surface area contributed by atoms with Gasteiger partial charge in [-0.2, -0.15) is 8.42 Å². The van der Waals surface area contributed by atoms with E-state index < -0.39 is 10.1 Å². The molecule has 0 aliphatic rings. The molecule has 0 N–H and O–H groups in total. The maximum Gasteiger partial charge on any atom is 0.296 e. The summed E-state index contributed by atoms with van der Waals surface area (Å²) in [5.41, 5.74) is 2.33. The first-order valence-corrected chi connectivity index (χ1v) is 12.8. The number of nitrogens with zero attached hydrogens (tertiary/aromatic N) is 1. The minimum Gasteiger partial charge on any atom is -0.266 e. The van der Waals surface area contributed by atoms with Crippen molar-refractivity contribution in [3.05, 3.63) is 59.9 Å². The third-order valence-electron chi connectivity index (χ3n) is 5.11. The monoisotopic (exact) mass is 441 g/mol. The minimum atomic E-state index is -3.63. The van der Waals surface area contributed by atoms with Crippen LogP contribution in [0.3, 0.4) is 0 Å². The third-order valence-corrected chi connectivity index (χ3v) is 6.44. The molecule has 0 atom stereocenters. The molecule has 2 aromatic rings. The average Bonchev–Trinajstić information content (AvgIpc) is 2.77. The predicted molar refractivity (Wildman–Crippen MR) is 126 cm³/mol. The smallest absolute Gasteiger partial charge is 0.266 e. The lowest BCUT2D eigenvalue weighted by molar-refractivity contribution is 0.306. The van der Waals surface area contributed by atoms with Gasteiger partial charge in [0.1, 0.15) is 0 Å². The van der Waals surface area contributed by atoms with Crippen molar-refractivity contribution >= 4 is 10.1 Å². The molecule has 0 radical (unpaired) electrons. The van der Waals surface area contributed by atoms with E-state index in [1.54, 1.807) is 24.3 Å². The summed E-state index contributed by atoms with van der Waals surface area (Å²) in [6.45, 7) is 2.18. The number of benzene rings is 1. The lowest BCUT2D eigenvalue weighted by Crippen LogP contribution is -2.07. The zero-order valence-corrected chi connectivity index (χ0v) is 19.5. The van der Waals surface area contributed by atoms with Crippen LogP contribution >= 0.6 is 0 Å². The summed E-state index contributed by atoms with van der Waals surface area (Å²) in [5, 5.41) is 0.